The van der Waals surface area contributed by atoms with Crippen LogP contribution < -0.4 is 0 Å². The van der Waals surface area contributed by atoms with Crippen LogP contribution in [0, 0.1) is 12.8 Å². The summed E-state index contributed by atoms with van der Waals surface area (Å²) >= 11 is 1.56. The highest BCUT2D eigenvalue weighted by atomic mass is 32.2. The van der Waals surface area contributed by atoms with Gasteiger partial charge in [-0.25, -0.2) is 13.4 Å². The molecule has 2 aromatic rings. The minimum atomic E-state index is -3.49. The molecule has 8 heteroatoms. The summed E-state index contributed by atoms with van der Waals surface area (Å²) in [5.41, 5.74) is 2.76. The largest absolute Gasteiger partial charge is 0.465 e. The molecule has 1 aromatic heterocycles. The Bertz CT molecular complexity index is 841. The highest BCUT2D eigenvalue weighted by Crippen LogP contribution is 2.24. The van der Waals surface area contributed by atoms with Gasteiger partial charge in [-0.15, -0.1) is 11.3 Å². The Morgan fingerprint density at radius 3 is 2.58 bits per heavy atom. The summed E-state index contributed by atoms with van der Waals surface area (Å²) in [5, 5.41) is 0. The fraction of sp³-hybridized carbons (Fsp3) is 0.444. The SMILES string of the molecule is Cc1ncsc1CCOC(=O)C1CCN(S(=O)(=O)c2ccccc2)CC1. The standard InChI is InChI=1S/C18H22N2O4S2/c1-14-17(25-13-19-14)9-12-24-18(21)15-7-10-20(11-8-15)26(22,23)16-5-3-2-4-6-16/h2-6,13,15H,7-12H2,1H3. The molecule has 1 saturated heterocycles. The molecule has 1 aliphatic rings. The number of thiazole rings is 1. The van der Waals surface area contributed by atoms with Gasteiger partial charge in [0.2, 0.25) is 10.0 Å². The fourth-order valence-corrected chi connectivity index (χ4v) is 5.25. The highest BCUT2D eigenvalue weighted by molar-refractivity contribution is 7.89. The van der Waals surface area contributed by atoms with Gasteiger partial charge in [-0.05, 0) is 31.9 Å². The Balaban J connectivity index is 1.49. The van der Waals surface area contributed by atoms with Gasteiger partial charge in [-0.1, -0.05) is 18.2 Å². The van der Waals surface area contributed by atoms with Crippen LogP contribution in [0.1, 0.15) is 23.4 Å². The summed E-state index contributed by atoms with van der Waals surface area (Å²) < 4.78 is 32.0. The van der Waals surface area contributed by atoms with E-state index < -0.39 is 10.0 Å². The number of rotatable bonds is 6. The first-order chi connectivity index (χ1) is 12.5. The predicted octanol–water partition coefficient (Wildman–Crippen LogP) is 2.64. The molecule has 3 rings (SSSR count). The molecule has 6 nitrogen and oxygen atoms in total. The number of sulfonamides is 1. The first-order valence-corrected chi connectivity index (χ1v) is 10.9. The van der Waals surface area contributed by atoms with Crippen LogP contribution in [0.2, 0.25) is 0 Å². The maximum Gasteiger partial charge on any atom is 0.309 e. The number of aromatic nitrogens is 1. The minimum Gasteiger partial charge on any atom is -0.465 e. The predicted molar refractivity (Wildman–Crippen MR) is 99.4 cm³/mol. The first kappa shape index (κ1) is 19.0. The van der Waals surface area contributed by atoms with Crippen molar-refractivity contribution in [3.63, 3.8) is 0 Å². The molecule has 0 spiro atoms. The number of ether oxygens (including phenoxy) is 1. The lowest BCUT2D eigenvalue weighted by Crippen LogP contribution is -2.40. The van der Waals surface area contributed by atoms with Crippen molar-refractivity contribution in [2.45, 2.75) is 31.1 Å². The molecule has 0 radical (unpaired) electrons. The van der Waals surface area contributed by atoms with Crippen LogP contribution in [0.15, 0.2) is 40.7 Å². The summed E-state index contributed by atoms with van der Waals surface area (Å²) in [6.07, 6.45) is 1.65. The van der Waals surface area contributed by atoms with E-state index in [1.165, 1.54) is 4.31 Å². The van der Waals surface area contributed by atoms with Crippen molar-refractivity contribution in [2.24, 2.45) is 5.92 Å². The molecule has 1 aliphatic heterocycles. The van der Waals surface area contributed by atoms with Crippen molar-refractivity contribution in [3.05, 3.63) is 46.4 Å². The topological polar surface area (TPSA) is 76.6 Å². The van der Waals surface area contributed by atoms with Gasteiger partial charge < -0.3 is 4.74 Å². The molecule has 0 N–H and O–H groups in total. The number of piperidine rings is 1. The third-order valence-corrected chi connectivity index (χ3v) is 7.49. The molecule has 1 aromatic carbocycles. The van der Waals surface area contributed by atoms with Crippen LogP contribution in [0.4, 0.5) is 0 Å². The molecule has 0 aliphatic carbocycles. The maximum atomic E-state index is 12.6. The van der Waals surface area contributed by atoms with Gasteiger partial charge in [-0.3, -0.25) is 4.79 Å². The first-order valence-electron chi connectivity index (χ1n) is 8.59. The third-order valence-electron chi connectivity index (χ3n) is 4.59. The third kappa shape index (κ3) is 4.31. The van der Waals surface area contributed by atoms with Gasteiger partial charge >= 0.3 is 5.97 Å². The van der Waals surface area contributed by atoms with Crippen LogP contribution in [-0.4, -0.2) is 43.4 Å². The van der Waals surface area contributed by atoms with E-state index in [1.807, 2.05) is 6.92 Å². The zero-order valence-electron chi connectivity index (χ0n) is 14.6. The van der Waals surface area contributed by atoms with Crippen molar-refractivity contribution in [2.75, 3.05) is 19.7 Å². The number of hydrogen-bond donors (Lipinski definition) is 0. The number of esters is 1. The van der Waals surface area contributed by atoms with Crippen molar-refractivity contribution in [1.29, 1.82) is 0 Å². The summed E-state index contributed by atoms with van der Waals surface area (Å²) in [6, 6.07) is 8.40. The summed E-state index contributed by atoms with van der Waals surface area (Å²) in [6.45, 7) is 2.96. The zero-order valence-corrected chi connectivity index (χ0v) is 16.3. The molecular weight excluding hydrogens is 372 g/mol. The molecule has 0 amide bonds. The van der Waals surface area contributed by atoms with Gasteiger partial charge in [0.15, 0.2) is 0 Å². The van der Waals surface area contributed by atoms with Crippen LogP contribution in [0.5, 0.6) is 0 Å². The lowest BCUT2D eigenvalue weighted by atomic mass is 9.98. The van der Waals surface area contributed by atoms with Crippen LogP contribution in [-0.2, 0) is 26.0 Å². The van der Waals surface area contributed by atoms with Gasteiger partial charge in [-0.2, -0.15) is 4.31 Å². The average molecular weight is 395 g/mol. The van der Waals surface area contributed by atoms with Gasteiger partial charge in [0.25, 0.3) is 0 Å². The van der Waals surface area contributed by atoms with E-state index in [2.05, 4.69) is 4.98 Å². The Kier molecular flexibility index (Phi) is 6.05. The van der Waals surface area contributed by atoms with E-state index in [0.717, 1.165) is 10.6 Å². The Hall–Kier alpha value is -1.77. The number of hydrogen-bond acceptors (Lipinski definition) is 6. The molecule has 0 atom stereocenters. The van der Waals surface area contributed by atoms with Crippen molar-refractivity contribution < 1.29 is 17.9 Å². The fourth-order valence-electron chi connectivity index (χ4n) is 3.00. The Morgan fingerprint density at radius 2 is 1.96 bits per heavy atom. The van der Waals surface area contributed by atoms with Crippen molar-refractivity contribution in [1.82, 2.24) is 9.29 Å². The van der Waals surface area contributed by atoms with E-state index >= 15 is 0 Å². The zero-order chi connectivity index (χ0) is 18.6. The second kappa shape index (κ2) is 8.28. The molecule has 1 fully saturated rings. The van der Waals surface area contributed by atoms with Crippen LogP contribution in [0.25, 0.3) is 0 Å². The Labute approximate surface area is 157 Å². The van der Waals surface area contributed by atoms with E-state index in [9.17, 15) is 13.2 Å². The lowest BCUT2D eigenvalue weighted by Gasteiger charge is -2.30. The van der Waals surface area contributed by atoms with E-state index in [-0.39, 0.29) is 11.9 Å². The van der Waals surface area contributed by atoms with E-state index in [1.54, 1.807) is 47.2 Å². The van der Waals surface area contributed by atoms with Gasteiger partial charge in [0.1, 0.15) is 0 Å². The molecule has 2 heterocycles. The van der Waals surface area contributed by atoms with Gasteiger partial charge in [0.05, 0.1) is 28.6 Å². The van der Waals surface area contributed by atoms with Crippen LogP contribution in [0.3, 0.4) is 0 Å². The Morgan fingerprint density at radius 1 is 1.27 bits per heavy atom. The van der Waals surface area contributed by atoms with Crippen molar-refractivity contribution >= 4 is 27.3 Å². The summed E-state index contributed by atoms with van der Waals surface area (Å²) in [4.78, 5) is 17.8. The maximum absolute atomic E-state index is 12.6. The van der Waals surface area contributed by atoms with E-state index in [4.69, 9.17) is 4.74 Å². The molecule has 140 valence electrons. The molecule has 0 saturated carbocycles. The second-order valence-corrected chi connectivity index (χ2v) is 9.15. The second-order valence-electron chi connectivity index (χ2n) is 6.27. The molecule has 0 bridgehead atoms. The van der Waals surface area contributed by atoms with Crippen LogP contribution >= 0.6 is 11.3 Å². The van der Waals surface area contributed by atoms with Crippen molar-refractivity contribution in [3.8, 4) is 0 Å². The monoisotopic (exact) mass is 394 g/mol. The molecule has 0 unspecified atom stereocenters. The smallest absolute Gasteiger partial charge is 0.309 e. The van der Waals surface area contributed by atoms with Gasteiger partial charge in [0, 0.05) is 24.4 Å². The minimum absolute atomic E-state index is 0.232. The molecule has 26 heavy (non-hydrogen) atoms. The number of nitrogens with zero attached hydrogens (tertiary/aromatic N) is 2. The number of carbonyl (C=O) groups is 1. The summed E-state index contributed by atoms with van der Waals surface area (Å²) in [5.74, 6) is -0.469. The average Bonchev–Trinajstić information content (AvgIpc) is 3.07. The quantitative estimate of drug-likeness (QED) is 0.704. The van der Waals surface area contributed by atoms with E-state index in [0.29, 0.717) is 43.9 Å². The normalized spacial score (nSPS) is 16.5. The molecular formula is C18H22N2O4S2. The highest BCUT2D eigenvalue weighted by Gasteiger charge is 2.32. The lowest BCUT2D eigenvalue weighted by molar-refractivity contribution is -0.149. The number of benzene rings is 1. The summed E-state index contributed by atoms with van der Waals surface area (Å²) in [7, 11) is -3.49. The number of carbonyl (C=O) groups excluding carboxylic acids is 1. The number of aryl methyl sites for hydroxylation is 1.